The summed E-state index contributed by atoms with van der Waals surface area (Å²) in [5.74, 6) is 2.50. The zero-order valence-corrected chi connectivity index (χ0v) is 18.0. The number of methoxy groups -OCH3 is 1. The molecule has 2 atom stereocenters. The minimum absolute atomic E-state index is 0.303. The van der Waals surface area contributed by atoms with E-state index in [1.807, 2.05) is 24.3 Å². The molecule has 3 heterocycles. The van der Waals surface area contributed by atoms with Crippen molar-refractivity contribution in [2.45, 2.75) is 38.9 Å². The Kier molecular flexibility index (Phi) is 6.26. The lowest BCUT2D eigenvalue weighted by Crippen LogP contribution is -2.48. The number of morpholine rings is 1. The molecule has 0 bridgehead atoms. The van der Waals surface area contributed by atoms with Gasteiger partial charge in [0.2, 0.25) is 17.5 Å². The first-order valence-electron chi connectivity index (χ1n) is 10.7. The van der Waals surface area contributed by atoms with Crippen LogP contribution >= 0.6 is 0 Å². The summed E-state index contributed by atoms with van der Waals surface area (Å²) in [7, 11) is 1.63. The van der Waals surface area contributed by atoms with Gasteiger partial charge in [-0.25, -0.2) is 0 Å². The molecule has 4 rings (SSSR count). The average molecular weight is 411 g/mol. The molecule has 7 nitrogen and oxygen atoms in total. The highest BCUT2D eigenvalue weighted by Crippen LogP contribution is 2.32. The summed E-state index contributed by atoms with van der Waals surface area (Å²) in [4.78, 5) is 9.13. The van der Waals surface area contributed by atoms with Crippen LogP contribution in [0.2, 0.25) is 0 Å². The molecule has 0 radical (unpaired) electrons. The number of ether oxygens (including phenoxy) is 2. The normalized spacial score (nSPS) is 23.3. The zero-order chi connectivity index (χ0) is 21.1. The summed E-state index contributed by atoms with van der Waals surface area (Å²) in [6, 6.07) is 9.72. The van der Waals surface area contributed by atoms with Gasteiger partial charge >= 0.3 is 0 Å². The molecule has 2 unspecified atom stereocenters. The Hall–Kier alpha value is -2.56. The summed E-state index contributed by atoms with van der Waals surface area (Å²) in [6.45, 7) is 9.20. The van der Waals surface area contributed by atoms with Gasteiger partial charge in [0.05, 0.1) is 19.3 Å². The van der Waals surface area contributed by atoms with Crippen molar-refractivity contribution in [1.82, 2.24) is 9.88 Å². The van der Waals surface area contributed by atoms with E-state index < -0.39 is 0 Å². The summed E-state index contributed by atoms with van der Waals surface area (Å²) in [5, 5.41) is 9.57. The molecule has 30 heavy (non-hydrogen) atoms. The quantitative estimate of drug-likeness (QED) is 0.746. The van der Waals surface area contributed by atoms with Gasteiger partial charge in [-0.3, -0.25) is 4.90 Å². The van der Waals surface area contributed by atoms with Gasteiger partial charge in [0.15, 0.2) is 0 Å². The number of benzene rings is 1. The van der Waals surface area contributed by atoms with E-state index in [-0.39, 0.29) is 0 Å². The van der Waals surface area contributed by atoms with Gasteiger partial charge < -0.3 is 18.8 Å². The van der Waals surface area contributed by atoms with Crippen molar-refractivity contribution >= 4 is 5.88 Å². The largest absolute Gasteiger partial charge is 0.497 e. The molecule has 7 heteroatoms. The second-order valence-electron chi connectivity index (χ2n) is 8.42. The molecule has 0 saturated carbocycles. The number of oxazole rings is 1. The van der Waals surface area contributed by atoms with Crippen LogP contribution in [0.15, 0.2) is 28.7 Å². The minimum atomic E-state index is 0.303. The van der Waals surface area contributed by atoms with Gasteiger partial charge in [-0.05, 0) is 56.9 Å². The summed E-state index contributed by atoms with van der Waals surface area (Å²) in [6.07, 6.45) is 2.78. The fourth-order valence-electron chi connectivity index (χ4n) is 4.57. The van der Waals surface area contributed by atoms with E-state index in [0.717, 1.165) is 56.9 Å². The van der Waals surface area contributed by atoms with Crippen LogP contribution in [-0.2, 0) is 4.74 Å². The lowest BCUT2D eigenvalue weighted by Gasteiger charge is -2.39. The highest BCUT2D eigenvalue weighted by atomic mass is 16.5. The van der Waals surface area contributed by atoms with Crippen LogP contribution in [0.4, 0.5) is 5.88 Å². The van der Waals surface area contributed by atoms with Crippen molar-refractivity contribution < 1.29 is 13.9 Å². The van der Waals surface area contributed by atoms with E-state index in [0.29, 0.717) is 35.6 Å². The number of rotatable bonds is 5. The van der Waals surface area contributed by atoms with Gasteiger partial charge in [-0.1, -0.05) is 0 Å². The van der Waals surface area contributed by atoms with Crippen LogP contribution in [0.3, 0.4) is 0 Å². The smallest absolute Gasteiger partial charge is 0.235 e. The Balaban J connectivity index is 1.39. The van der Waals surface area contributed by atoms with Gasteiger partial charge in [-0.15, -0.1) is 0 Å². The molecule has 2 aliphatic rings. The van der Waals surface area contributed by atoms with Gasteiger partial charge in [0, 0.05) is 38.3 Å². The Morgan fingerprint density at radius 2 is 1.80 bits per heavy atom. The summed E-state index contributed by atoms with van der Waals surface area (Å²) < 4.78 is 17.1. The van der Waals surface area contributed by atoms with Gasteiger partial charge in [0.1, 0.15) is 11.8 Å². The molecule has 1 aromatic heterocycles. The second-order valence-corrected chi connectivity index (χ2v) is 8.42. The maximum Gasteiger partial charge on any atom is 0.235 e. The Morgan fingerprint density at radius 3 is 2.40 bits per heavy atom. The molecule has 160 valence electrons. The molecular weight excluding hydrogens is 380 g/mol. The standard InChI is InChI=1S/C23H30N4O3/c1-16-13-26(14-17(2)29-16)15-18-8-10-27(11-9-18)23-21(12-24)25-22(30-23)19-4-6-20(28-3)7-5-19/h4-7,16-18H,8-11,13-15H2,1-3H3. The molecule has 0 amide bonds. The first-order valence-corrected chi connectivity index (χ1v) is 10.7. The monoisotopic (exact) mass is 410 g/mol. The molecule has 0 aliphatic carbocycles. The van der Waals surface area contributed by atoms with E-state index in [9.17, 15) is 5.26 Å². The maximum atomic E-state index is 9.57. The molecule has 1 aromatic carbocycles. The Bertz CT molecular complexity index is 871. The van der Waals surface area contributed by atoms with Crippen molar-refractivity contribution in [1.29, 1.82) is 5.26 Å². The van der Waals surface area contributed by atoms with Crippen molar-refractivity contribution in [3.8, 4) is 23.3 Å². The third-order valence-electron chi connectivity index (χ3n) is 5.97. The zero-order valence-electron chi connectivity index (χ0n) is 18.0. The number of hydrogen-bond donors (Lipinski definition) is 0. The predicted octanol–water partition coefficient (Wildman–Crippen LogP) is 3.55. The van der Waals surface area contributed by atoms with Crippen molar-refractivity contribution in [3.05, 3.63) is 30.0 Å². The Labute approximate surface area is 178 Å². The third-order valence-corrected chi connectivity index (χ3v) is 5.97. The predicted molar refractivity (Wildman–Crippen MR) is 115 cm³/mol. The first kappa shape index (κ1) is 20.7. The van der Waals surface area contributed by atoms with E-state index in [4.69, 9.17) is 13.9 Å². The van der Waals surface area contributed by atoms with E-state index in [1.54, 1.807) is 7.11 Å². The Morgan fingerprint density at radius 1 is 1.13 bits per heavy atom. The topological polar surface area (TPSA) is 74.8 Å². The molecule has 2 aliphatic heterocycles. The summed E-state index contributed by atoms with van der Waals surface area (Å²) >= 11 is 0. The van der Waals surface area contributed by atoms with Crippen molar-refractivity contribution in [3.63, 3.8) is 0 Å². The van der Waals surface area contributed by atoms with Crippen LogP contribution in [0.5, 0.6) is 5.75 Å². The van der Waals surface area contributed by atoms with Crippen LogP contribution in [0.25, 0.3) is 11.5 Å². The second kappa shape index (κ2) is 9.07. The van der Waals surface area contributed by atoms with Crippen LogP contribution in [0, 0.1) is 17.2 Å². The van der Waals surface area contributed by atoms with Crippen LogP contribution in [-0.4, -0.2) is 61.9 Å². The van der Waals surface area contributed by atoms with E-state index in [1.165, 1.54) is 0 Å². The number of hydrogen-bond acceptors (Lipinski definition) is 7. The molecule has 2 saturated heterocycles. The third kappa shape index (κ3) is 4.61. The first-order chi connectivity index (χ1) is 14.6. The fraction of sp³-hybridized carbons (Fsp3) is 0.565. The SMILES string of the molecule is COc1ccc(-c2nc(C#N)c(N3CCC(CN4CC(C)OC(C)C4)CC3)o2)cc1. The minimum Gasteiger partial charge on any atom is -0.497 e. The number of aromatic nitrogens is 1. The molecule has 2 aromatic rings. The maximum absolute atomic E-state index is 9.57. The van der Waals surface area contributed by atoms with Gasteiger partial charge in [0.25, 0.3) is 0 Å². The lowest BCUT2D eigenvalue weighted by molar-refractivity contribution is -0.0720. The number of piperidine rings is 1. The molecule has 2 fully saturated rings. The van der Waals surface area contributed by atoms with E-state index >= 15 is 0 Å². The number of anilines is 1. The number of nitriles is 1. The van der Waals surface area contributed by atoms with Crippen LogP contribution in [0.1, 0.15) is 32.4 Å². The molecule has 0 spiro atoms. The van der Waals surface area contributed by atoms with E-state index in [2.05, 4.69) is 34.7 Å². The average Bonchev–Trinajstić information content (AvgIpc) is 3.18. The lowest BCUT2D eigenvalue weighted by atomic mass is 9.95. The van der Waals surface area contributed by atoms with Crippen molar-refractivity contribution in [2.75, 3.05) is 44.7 Å². The highest BCUT2D eigenvalue weighted by Gasteiger charge is 2.29. The van der Waals surface area contributed by atoms with Gasteiger partial charge in [-0.2, -0.15) is 10.2 Å². The molecular formula is C23H30N4O3. The highest BCUT2D eigenvalue weighted by molar-refractivity contribution is 5.60. The van der Waals surface area contributed by atoms with Crippen LogP contribution < -0.4 is 9.64 Å². The van der Waals surface area contributed by atoms with Crippen molar-refractivity contribution in [2.24, 2.45) is 5.92 Å². The fourth-order valence-corrected chi connectivity index (χ4v) is 4.57. The summed E-state index contributed by atoms with van der Waals surface area (Å²) in [5.41, 5.74) is 1.19. The number of nitrogens with zero attached hydrogens (tertiary/aromatic N) is 4. The molecule has 0 N–H and O–H groups in total.